The second-order valence-corrected chi connectivity index (χ2v) is 4.93. The first-order valence-electron chi connectivity index (χ1n) is 7.16. The van der Waals surface area contributed by atoms with Crippen LogP contribution in [0.4, 0.5) is 0 Å². The number of aliphatic imine (C=N–C) groups is 1. The normalized spacial score (nSPS) is 19.2. The van der Waals surface area contributed by atoms with Gasteiger partial charge in [0.15, 0.2) is 0 Å². The molecule has 1 atom stereocenters. The Labute approximate surface area is 110 Å². The van der Waals surface area contributed by atoms with Gasteiger partial charge in [-0.15, -0.1) is 0 Å². The largest absolute Gasteiger partial charge is 0.474 e. The lowest BCUT2D eigenvalue weighted by molar-refractivity contribution is 0.154. The second-order valence-electron chi connectivity index (χ2n) is 4.93. The van der Waals surface area contributed by atoms with Gasteiger partial charge in [0.05, 0.1) is 0 Å². The van der Waals surface area contributed by atoms with Gasteiger partial charge in [0.2, 0.25) is 5.90 Å². The highest BCUT2D eigenvalue weighted by molar-refractivity contribution is 5.94. The van der Waals surface area contributed by atoms with E-state index in [4.69, 9.17) is 4.74 Å². The number of rotatable bonds is 6. The van der Waals surface area contributed by atoms with Gasteiger partial charge in [-0.3, -0.25) is 4.99 Å². The highest BCUT2D eigenvalue weighted by Crippen LogP contribution is 2.18. The third-order valence-electron chi connectivity index (χ3n) is 3.39. The summed E-state index contributed by atoms with van der Waals surface area (Å²) in [5, 5.41) is 0. The van der Waals surface area contributed by atoms with Crippen molar-refractivity contribution in [2.75, 3.05) is 6.54 Å². The van der Waals surface area contributed by atoms with Gasteiger partial charge in [0.25, 0.3) is 0 Å². The molecule has 0 aliphatic carbocycles. The van der Waals surface area contributed by atoms with E-state index in [2.05, 4.69) is 24.0 Å². The summed E-state index contributed by atoms with van der Waals surface area (Å²) in [6.07, 6.45) is 7.85. The molecule has 1 unspecified atom stereocenters. The van der Waals surface area contributed by atoms with Crippen molar-refractivity contribution < 1.29 is 4.74 Å². The van der Waals surface area contributed by atoms with Crippen LogP contribution in [-0.4, -0.2) is 18.5 Å². The predicted octanol–water partition coefficient (Wildman–Crippen LogP) is 4.19. The first-order chi connectivity index (χ1) is 8.90. The molecule has 0 aromatic heterocycles. The number of hydrogen-bond acceptors (Lipinski definition) is 2. The minimum absolute atomic E-state index is 0.370. The number of unbranched alkanes of at least 4 members (excludes halogenated alkanes) is 3. The van der Waals surface area contributed by atoms with Crippen LogP contribution in [0.2, 0.25) is 0 Å². The molecule has 1 aliphatic rings. The van der Waals surface area contributed by atoms with Crippen LogP contribution in [0.15, 0.2) is 35.3 Å². The van der Waals surface area contributed by atoms with Crippen molar-refractivity contribution >= 4 is 5.90 Å². The number of ether oxygens (including phenoxy) is 1. The standard InChI is InChI=1S/C16H23NO/c1-2-3-4-8-11-15-12-13-17-16(18-15)14-9-6-5-7-10-14/h5-7,9-10,15H,2-4,8,11-13H2,1H3. The second kappa shape index (κ2) is 7.20. The Morgan fingerprint density at radius 3 is 2.78 bits per heavy atom. The van der Waals surface area contributed by atoms with Crippen LogP contribution in [0, 0.1) is 0 Å². The van der Waals surface area contributed by atoms with E-state index in [9.17, 15) is 0 Å². The van der Waals surface area contributed by atoms with Crippen molar-refractivity contribution in [3.63, 3.8) is 0 Å². The van der Waals surface area contributed by atoms with E-state index in [-0.39, 0.29) is 0 Å². The van der Waals surface area contributed by atoms with Gasteiger partial charge < -0.3 is 4.74 Å². The van der Waals surface area contributed by atoms with Crippen molar-refractivity contribution in [2.24, 2.45) is 4.99 Å². The van der Waals surface area contributed by atoms with E-state index in [0.717, 1.165) is 24.4 Å². The Hall–Kier alpha value is -1.31. The maximum absolute atomic E-state index is 6.00. The molecule has 0 amide bonds. The van der Waals surface area contributed by atoms with Crippen molar-refractivity contribution in [2.45, 2.75) is 51.6 Å². The lowest BCUT2D eigenvalue weighted by atomic mass is 10.1. The minimum atomic E-state index is 0.370. The fraction of sp³-hybridized carbons (Fsp3) is 0.562. The molecule has 98 valence electrons. The molecule has 2 rings (SSSR count). The molecular formula is C16H23NO. The predicted molar refractivity (Wildman–Crippen MR) is 76.1 cm³/mol. The van der Waals surface area contributed by atoms with E-state index < -0.39 is 0 Å². The lowest BCUT2D eigenvalue weighted by Crippen LogP contribution is -2.24. The lowest BCUT2D eigenvalue weighted by Gasteiger charge is -2.23. The molecule has 0 radical (unpaired) electrons. The molecular weight excluding hydrogens is 222 g/mol. The Morgan fingerprint density at radius 2 is 2.00 bits per heavy atom. The summed E-state index contributed by atoms with van der Waals surface area (Å²) in [6, 6.07) is 10.2. The summed E-state index contributed by atoms with van der Waals surface area (Å²) in [4.78, 5) is 4.49. The van der Waals surface area contributed by atoms with E-state index in [1.165, 1.54) is 32.1 Å². The molecule has 0 N–H and O–H groups in total. The average Bonchev–Trinajstić information content (AvgIpc) is 2.45. The molecule has 1 heterocycles. The van der Waals surface area contributed by atoms with Crippen LogP contribution in [0.1, 0.15) is 51.0 Å². The maximum atomic E-state index is 6.00. The first kappa shape index (κ1) is 13.1. The van der Waals surface area contributed by atoms with Crippen molar-refractivity contribution in [3.8, 4) is 0 Å². The molecule has 0 bridgehead atoms. The third kappa shape index (κ3) is 3.86. The third-order valence-corrected chi connectivity index (χ3v) is 3.39. The average molecular weight is 245 g/mol. The van der Waals surface area contributed by atoms with Crippen LogP contribution >= 0.6 is 0 Å². The van der Waals surface area contributed by atoms with Crippen molar-refractivity contribution in [3.05, 3.63) is 35.9 Å². The Kier molecular flexibility index (Phi) is 5.25. The summed E-state index contributed by atoms with van der Waals surface area (Å²) < 4.78 is 6.00. The van der Waals surface area contributed by atoms with Crippen LogP contribution in [-0.2, 0) is 4.74 Å². The van der Waals surface area contributed by atoms with Gasteiger partial charge >= 0.3 is 0 Å². The zero-order valence-electron chi connectivity index (χ0n) is 11.3. The highest BCUT2D eigenvalue weighted by Gasteiger charge is 2.18. The molecule has 1 aliphatic heterocycles. The first-order valence-corrected chi connectivity index (χ1v) is 7.16. The van der Waals surface area contributed by atoms with Crippen LogP contribution in [0.25, 0.3) is 0 Å². The Bertz CT molecular complexity index is 372. The topological polar surface area (TPSA) is 21.6 Å². The zero-order valence-corrected chi connectivity index (χ0v) is 11.3. The van der Waals surface area contributed by atoms with Gasteiger partial charge in [-0.05, 0) is 25.0 Å². The van der Waals surface area contributed by atoms with Gasteiger partial charge in [0.1, 0.15) is 6.10 Å². The molecule has 18 heavy (non-hydrogen) atoms. The Morgan fingerprint density at radius 1 is 1.17 bits per heavy atom. The summed E-state index contributed by atoms with van der Waals surface area (Å²) in [5.41, 5.74) is 1.11. The highest BCUT2D eigenvalue weighted by atomic mass is 16.5. The summed E-state index contributed by atoms with van der Waals surface area (Å²) in [5.74, 6) is 0.836. The smallest absolute Gasteiger partial charge is 0.216 e. The fourth-order valence-electron chi connectivity index (χ4n) is 2.31. The monoisotopic (exact) mass is 245 g/mol. The van der Waals surface area contributed by atoms with Crippen molar-refractivity contribution in [1.82, 2.24) is 0 Å². The van der Waals surface area contributed by atoms with Crippen LogP contribution in [0.3, 0.4) is 0 Å². The van der Waals surface area contributed by atoms with Gasteiger partial charge in [0, 0.05) is 18.5 Å². The molecule has 1 aromatic carbocycles. The number of hydrogen-bond donors (Lipinski definition) is 0. The van der Waals surface area contributed by atoms with Crippen LogP contribution in [0.5, 0.6) is 0 Å². The summed E-state index contributed by atoms with van der Waals surface area (Å²) >= 11 is 0. The quantitative estimate of drug-likeness (QED) is 0.688. The van der Waals surface area contributed by atoms with Crippen LogP contribution < -0.4 is 0 Å². The number of nitrogens with zero attached hydrogens (tertiary/aromatic N) is 1. The molecule has 0 saturated heterocycles. The van der Waals surface area contributed by atoms with Gasteiger partial charge in [-0.1, -0.05) is 44.4 Å². The maximum Gasteiger partial charge on any atom is 0.216 e. The molecule has 2 heteroatoms. The molecule has 2 nitrogen and oxygen atoms in total. The number of benzene rings is 1. The molecule has 0 saturated carbocycles. The zero-order chi connectivity index (χ0) is 12.6. The van der Waals surface area contributed by atoms with Gasteiger partial charge in [-0.25, -0.2) is 0 Å². The SMILES string of the molecule is CCCCCCC1CCN=C(c2ccccc2)O1. The summed E-state index contributed by atoms with van der Waals surface area (Å²) in [6.45, 7) is 3.15. The van der Waals surface area contributed by atoms with E-state index in [1.54, 1.807) is 0 Å². The van der Waals surface area contributed by atoms with E-state index >= 15 is 0 Å². The molecule has 0 fully saturated rings. The molecule has 0 spiro atoms. The van der Waals surface area contributed by atoms with E-state index in [1.807, 2.05) is 18.2 Å². The summed E-state index contributed by atoms with van der Waals surface area (Å²) in [7, 11) is 0. The minimum Gasteiger partial charge on any atom is -0.474 e. The van der Waals surface area contributed by atoms with E-state index in [0.29, 0.717) is 6.10 Å². The van der Waals surface area contributed by atoms with Gasteiger partial charge in [-0.2, -0.15) is 0 Å². The fourth-order valence-corrected chi connectivity index (χ4v) is 2.31. The molecule has 1 aromatic rings. The van der Waals surface area contributed by atoms with Crippen molar-refractivity contribution in [1.29, 1.82) is 0 Å². The Balaban J connectivity index is 1.83.